The number of aromatic nitrogens is 1. The first-order valence-corrected chi connectivity index (χ1v) is 7.77. The lowest BCUT2D eigenvalue weighted by atomic mass is 10.0. The standard InChI is InChI=1S/C16H22N2OS/c1-5-12-6-7-20-16(12)13(17)8-14-11(3)15(19-4)10(2)9-18-14/h6-7,9,13H,5,8,17H2,1-4H3. The second kappa shape index (κ2) is 6.37. The zero-order valence-electron chi connectivity index (χ0n) is 12.6. The Bertz CT molecular complexity index is 592. The molecule has 2 aromatic rings. The van der Waals surface area contributed by atoms with Crippen LogP contribution < -0.4 is 10.5 Å². The molecule has 2 N–H and O–H groups in total. The van der Waals surface area contributed by atoms with Crippen LogP contribution in [-0.4, -0.2) is 12.1 Å². The van der Waals surface area contributed by atoms with Gasteiger partial charge in [0, 0.05) is 40.4 Å². The summed E-state index contributed by atoms with van der Waals surface area (Å²) in [5.41, 5.74) is 10.9. The summed E-state index contributed by atoms with van der Waals surface area (Å²) >= 11 is 1.74. The van der Waals surface area contributed by atoms with E-state index in [1.807, 2.05) is 13.1 Å². The maximum atomic E-state index is 6.38. The average molecular weight is 290 g/mol. The van der Waals surface area contributed by atoms with E-state index in [2.05, 4.69) is 30.3 Å². The minimum absolute atomic E-state index is 0.00330. The highest BCUT2D eigenvalue weighted by Crippen LogP contribution is 2.29. The van der Waals surface area contributed by atoms with E-state index in [0.717, 1.165) is 35.4 Å². The van der Waals surface area contributed by atoms with Crippen molar-refractivity contribution in [2.45, 2.75) is 39.7 Å². The van der Waals surface area contributed by atoms with Gasteiger partial charge in [0.15, 0.2) is 0 Å². The molecule has 0 fully saturated rings. The van der Waals surface area contributed by atoms with Gasteiger partial charge in [-0.3, -0.25) is 4.98 Å². The summed E-state index contributed by atoms with van der Waals surface area (Å²) in [6.07, 6.45) is 3.63. The molecular formula is C16H22N2OS. The molecule has 20 heavy (non-hydrogen) atoms. The fourth-order valence-electron chi connectivity index (χ4n) is 2.54. The largest absolute Gasteiger partial charge is 0.496 e. The lowest BCUT2D eigenvalue weighted by molar-refractivity contribution is 0.406. The number of hydrogen-bond donors (Lipinski definition) is 1. The van der Waals surface area contributed by atoms with E-state index in [4.69, 9.17) is 10.5 Å². The van der Waals surface area contributed by atoms with Crippen molar-refractivity contribution in [2.24, 2.45) is 5.73 Å². The lowest BCUT2D eigenvalue weighted by Crippen LogP contribution is -2.15. The van der Waals surface area contributed by atoms with Gasteiger partial charge < -0.3 is 10.5 Å². The van der Waals surface area contributed by atoms with Crippen LogP contribution in [0, 0.1) is 13.8 Å². The fourth-order valence-corrected chi connectivity index (χ4v) is 3.54. The van der Waals surface area contributed by atoms with Crippen LogP contribution in [0.4, 0.5) is 0 Å². The van der Waals surface area contributed by atoms with E-state index in [-0.39, 0.29) is 6.04 Å². The summed E-state index contributed by atoms with van der Waals surface area (Å²) in [6, 6.07) is 2.17. The molecule has 0 aliphatic carbocycles. The van der Waals surface area contributed by atoms with Crippen LogP contribution in [0.2, 0.25) is 0 Å². The van der Waals surface area contributed by atoms with E-state index in [1.165, 1.54) is 10.4 Å². The van der Waals surface area contributed by atoms with Gasteiger partial charge in [-0.25, -0.2) is 0 Å². The highest BCUT2D eigenvalue weighted by molar-refractivity contribution is 7.10. The Morgan fingerprint density at radius 2 is 2.15 bits per heavy atom. The van der Waals surface area contributed by atoms with Crippen LogP contribution in [0.5, 0.6) is 5.75 Å². The molecule has 3 nitrogen and oxygen atoms in total. The molecule has 0 spiro atoms. The third-order valence-corrected chi connectivity index (χ3v) is 4.75. The molecule has 0 saturated heterocycles. The number of pyridine rings is 1. The van der Waals surface area contributed by atoms with Crippen LogP contribution in [0.3, 0.4) is 0 Å². The highest BCUT2D eigenvalue weighted by atomic mass is 32.1. The number of aryl methyl sites for hydroxylation is 2. The fraction of sp³-hybridized carbons (Fsp3) is 0.438. The first kappa shape index (κ1) is 15.0. The molecule has 2 heterocycles. The SMILES string of the molecule is CCc1ccsc1C(N)Cc1ncc(C)c(OC)c1C. The summed E-state index contributed by atoms with van der Waals surface area (Å²) in [5, 5.41) is 2.12. The van der Waals surface area contributed by atoms with Crippen LogP contribution in [0.15, 0.2) is 17.6 Å². The van der Waals surface area contributed by atoms with Crippen molar-refractivity contribution in [1.29, 1.82) is 0 Å². The summed E-state index contributed by atoms with van der Waals surface area (Å²) in [7, 11) is 1.70. The minimum atomic E-state index is 0.00330. The molecule has 0 amide bonds. The van der Waals surface area contributed by atoms with Gasteiger partial charge in [-0.1, -0.05) is 6.92 Å². The number of hydrogen-bond acceptors (Lipinski definition) is 4. The van der Waals surface area contributed by atoms with Crippen molar-refractivity contribution < 1.29 is 4.74 Å². The van der Waals surface area contributed by atoms with E-state index >= 15 is 0 Å². The third-order valence-electron chi connectivity index (χ3n) is 3.66. The molecule has 4 heteroatoms. The van der Waals surface area contributed by atoms with Gasteiger partial charge in [-0.15, -0.1) is 11.3 Å². The summed E-state index contributed by atoms with van der Waals surface area (Å²) in [6.45, 7) is 6.23. The molecule has 0 aromatic carbocycles. The van der Waals surface area contributed by atoms with Crippen molar-refractivity contribution in [1.82, 2.24) is 4.98 Å². The second-order valence-corrected chi connectivity index (χ2v) is 5.97. The van der Waals surface area contributed by atoms with Crippen molar-refractivity contribution in [2.75, 3.05) is 7.11 Å². The Hall–Kier alpha value is -1.39. The minimum Gasteiger partial charge on any atom is -0.496 e. The molecule has 2 aromatic heterocycles. The van der Waals surface area contributed by atoms with Gasteiger partial charge in [0.25, 0.3) is 0 Å². The maximum Gasteiger partial charge on any atom is 0.128 e. The van der Waals surface area contributed by atoms with E-state index in [0.29, 0.717) is 0 Å². The Labute approximate surface area is 124 Å². The second-order valence-electron chi connectivity index (χ2n) is 5.02. The smallest absolute Gasteiger partial charge is 0.128 e. The Kier molecular flexibility index (Phi) is 4.78. The maximum absolute atomic E-state index is 6.38. The molecular weight excluding hydrogens is 268 g/mol. The van der Waals surface area contributed by atoms with Crippen LogP contribution in [-0.2, 0) is 12.8 Å². The van der Waals surface area contributed by atoms with Gasteiger partial charge in [0.05, 0.1) is 7.11 Å². The number of methoxy groups -OCH3 is 1. The van der Waals surface area contributed by atoms with E-state index < -0.39 is 0 Å². The van der Waals surface area contributed by atoms with Crippen LogP contribution in [0.1, 0.15) is 40.2 Å². The quantitative estimate of drug-likeness (QED) is 0.915. The van der Waals surface area contributed by atoms with Gasteiger partial charge in [-0.05, 0) is 37.3 Å². The zero-order valence-corrected chi connectivity index (χ0v) is 13.4. The van der Waals surface area contributed by atoms with Crippen molar-refractivity contribution in [3.05, 3.63) is 44.9 Å². The Morgan fingerprint density at radius 3 is 2.80 bits per heavy atom. The Morgan fingerprint density at radius 1 is 1.40 bits per heavy atom. The first-order chi connectivity index (χ1) is 9.58. The van der Waals surface area contributed by atoms with Gasteiger partial charge >= 0.3 is 0 Å². The van der Waals surface area contributed by atoms with E-state index in [9.17, 15) is 0 Å². The molecule has 108 valence electrons. The number of thiophene rings is 1. The van der Waals surface area contributed by atoms with Crippen molar-refractivity contribution >= 4 is 11.3 Å². The predicted octanol–water partition coefficient (Wildman–Crippen LogP) is 3.57. The van der Waals surface area contributed by atoms with Crippen LogP contribution >= 0.6 is 11.3 Å². The third kappa shape index (κ3) is 2.86. The molecule has 1 unspecified atom stereocenters. The molecule has 1 atom stereocenters. The Balaban J connectivity index is 2.26. The van der Waals surface area contributed by atoms with E-state index in [1.54, 1.807) is 18.4 Å². The van der Waals surface area contributed by atoms with Gasteiger partial charge in [0.1, 0.15) is 5.75 Å². The van der Waals surface area contributed by atoms with Gasteiger partial charge in [-0.2, -0.15) is 0 Å². The lowest BCUT2D eigenvalue weighted by Gasteiger charge is -2.16. The first-order valence-electron chi connectivity index (χ1n) is 6.89. The van der Waals surface area contributed by atoms with Crippen molar-refractivity contribution in [3.8, 4) is 5.75 Å². The van der Waals surface area contributed by atoms with Crippen LogP contribution in [0.25, 0.3) is 0 Å². The zero-order chi connectivity index (χ0) is 14.7. The number of nitrogens with two attached hydrogens (primary N) is 1. The molecule has 0 aliphatic heterocycles. The molecule has 0 radical (unpaired) electrons. The normalized spacial score (nSPS) is 12.4. The van der Waals surface area contributed by atoms with Crippen molar-refractivity contribution in [3.63, 3.8) is 0 Å². The highest BCUT2D eigenvalue weighted by Gasteiger charge is 2.16. The topological polar surface area (TPSA) is 48.1 Å². The molecule has 2 rings (SSSR count). The molecule has 0 saturated carbocycles. The average Bonchev–Trinajstić information content (AvgIpc) is 2.91. The molecule has 0 aliphatic rings. The number of ether oxygens (including phenoxy) is 1. The van der Waals surface area contributed by atoms with Gasteiger partial charge in [0.2, 0.25) is 0 Å². The summed E-state index contributed by atoms with van der Waals surface area (Å²) in [5.74, 6) is 0.920. The summed E-state index contributed by atoms with van der Waals surface area (Å²) in [4.78, 5) is 5.81. The number of rotatable bonds is 5. The molecule has 0 bridgehead atoms. The monoisotopic (exact) mass is 290 g/mol. The predicted molar refractivity (Wildman–Crippen MR) is 84.6 cm³/mol. The number of nitrogens with zero attached hydrogens (tertiary/aromatic N) is 1. The summed E-state index contributed by atoms with van der Waals surface area (Å²) < 4.78 is 5.46.